The van der Waals surface area contributed by atoms with Crippen LogP contribution in [-0.2, 0) is 6.54 Å². The zero-order valence-electron chi connectivity index (χ0n) is 11.5. The zero-order valence-corrected chi connectivity index (χ0v) is 13.1. The van der Waals surface area contributed by atoms with Gasteiger partial charge in [0.2, 0.25) is 11.5 Å². The minimum atomic E-state index is -0.175. The molecule has 0 atom stereocenters. The Bertz CT molecular complexity index is 755. The molecule has 0 radical (unpaired) electrons. The van der Waals surface area contributed by atoms with Crippen LogP contribution in [0.25, 0.3) is 11.5 Å². The molecule has 112 valence electrons. The lowest BCUT2D eigenvalue weighted by Crippen LogP contribution is -3.00. The number of benzene rings is 1. The van der Waals surface area contributed by atoms with E-state index in [1.807, 2.05) is 6.07 Å². The normalized spacial score (nSPS) is 10.0. The van der Waals surface area contributed by atoms with Crippen LogP contribution in [0.5, 0.6) is 5.75 Å². The van der Waals surface area contributed by atoms with Gasteiger partial charge in [-0.3, -0.25) is 4.79 Å². The molecule has 3 aromatic rings. The fourth-order valence-electron chi connectivity index (χ4n) is 2.01. The van der Waals surface area contributed by atoms with Crippen molar-refractivity contribution < 1.29 is 35.9 Å². The van der Waals surface area contributed by atoms with E-state index < -0.39 is 0 Å². The lowest BCUT2D eigenvalue weighted by atomic mass is 10.1. The summed E-state index contributed by atoms with van der Waals surface area (Å²) < 4.78 is 6.91. The van der Waals surface area contributed by atoms with E-state index >= 15 is 0 Å². The summed E-state index contributed by atoms with van der Waals surface area (Å²) in [6.45, 7) is 0.114. The minimum absolute atomic E-state index is 0. The molecule has 0 amide bonds. The van der Waals surface area contributed by atoms with Crippen LogP contribution >= 0.6 is 0 Å². The Kier molecular flexibility index (Phi) is 5.06. The van der Waals surface area contributed by atoms with Crippen LogP contribution in [0, 0.1) is 0 Å². The standard InChI is InChI=1S/C16H12N2O3.BrH/c19-14-5-2-1-4-12(14)15(20)10-18-8-7-13(17-11-18)16-6-3-9-21-16;/h1-9,11H,10H2;1H. The van der Waals surface area contributed by atoms with Gasteiger partial charge in [0, 0.05) is 6.07 Å². The average Bonchev–Trinajstić information content (AvgIpc) is 3.02. The molecule has 5 nitrogen and oxygen atoms in total. The van der Waals surface area contributed by atoms with Crippen molar-refractivity contribution in [1.82, 2.24) is 4.98 Å². The number of carbonyl (C=O) groups excluding carboxylic acids is 1. The highest BCUT2D eigenvalue weighted by atomic mass is 79.9. The number of para-hydroxylation sites is 1. The molecule has 1 aromatic carbocycles. The van der Waals surface area contributed by atoms with E-state index in [1.54, 1.807) is 53.7 Å². The van der Waals surface area contributed by atoms with E-state index in [0.717, 1.165) is 0 Å². The molecule has 0 bridgehead atoms. The number of phenols is 1. The Balaban J connectivity index is 0.00000176. The van der Waals surface area contributed by atoms with Crippen LogP contribution in [0.3, 0.4) is 0 Å². The average molecular weight is 361 g/mol. The molecule has 22 heavy (non-hydrogen) atoms. The summed E-state index contributed by atoms with van der Waals surface area (Å²) in [6.07, 6.45) is 4.90. The zero-order chi connectivity index (χ0) is 14.7. The van der Waals surface area contributed by atoms with Crippen LogP contribution in [-0.4, -0.2) is 15.9 Å². The number of aromatic hydroxyl groups is 1. The summed E-state index contributed by atoms with van der Waals surface area (Å²) in [5.74, 6) is 0.489. The van der Waals surface area contributed by atoms with Gasteiger partial charge in [-0.25, -0.2) is 4.57 Å². The molecule has 0 fully saturated rings. The number of phenolic OH excluding ortho intramolecular Hbond substituents is 1. The highest BCUT2D eigenvalue weighted by molar-refractivity contribution is 5.97. The fraction of sp³-hybridized carbons (Fsp3) is 0.0625. The van der Waals surface area contributed by atoms with Gasteiger partial charge in [-0.15, -0.1) is 0 Å². The van der Waals surface area contributed by atoms with Crippen LogP contribution < -0.4 is 21.5 Å². The molecule has 0 spiro atoms. The first-order valence-corrected chi connectivity index (χ1v) is 6.44. The van der Waals surface area contributed by atoms with Crippen molar-refractivity contribution >= 4 is 5.78 Å². The molecule has 2 heterocycles. The van der Waals surface area contributed by atoms with Crippen molar-refractivity contribution in [2.24, 2.45) is 0 Å². The Hall–Kier alpha value is -2.47. The maximum atomic E-state index is 12.1. The van der Waals surface area contributed by atoms with Crippen LogP contribution in [0.4, 0.5) is 0 Å². The molecule has 1 N–H and O–H groups in total. The van der Waals surface area contributed by atoms with E-state index in [4.69, 9.17) is 4.42 Å². The number of carbonyl (C=O) groups is 1. The monoisotopic (exact) mass is 360 g/mol. The molecular formula is C16H13BrN2O3. The van der Waals surface area contributed by atoms with E-state index in [-0.39, 0.29) is 35.1 Å². The Morgan fingerprint density at radius 2 is 2.00 bits per heavy atom. The Morgan fingerprint density at radius 3 is 2.64 bits per heavy atom. The molecule has 6 heteroatoms. The summed E-state index contributed by atoms with van der Waals surface area (Å²) in [6, 6.07) is 11.9. The minimum Gasteiger partial charge on any atom is -1.00 e. The van der Waals surface area contributed by atoms with Gasteiger partial charge in [-0.05, 0) is 29.2 Å². The summed E-state index contributed by atoms with van der Waals surface area (Å²) in [5.41, 5.74) is 1.01. The van der Waals surface area contributed by atoms with E-state index in [9.17, 15) is 9.90 Å². The maximum absolute atomic E-state index is 12.1. The molecule has 0 unspecified atom stereocenters. The predicted molar refractivity (Wildman–Crippen MR) is 74.6 cm³/mol. The quantitative estimate of drug-likeness (QED) is 0.489. The molecule has 2 aromatic heterocycles. The lowest BCUT2D eigenvalue weighted by molar-refractivity contribution is -0.686. The fourth-order valence-corrected chi connectivity index (χ4v) is 2.01. The number of halogens is 1. The summed E-state index contributed by atoms with van der Waals surface area (Å²) >= 11 is 0. The predicted octanol–water partition coefficient (Wildman–Crippen LogP) is -0.778. The number of ketones is 1. The molecule has 0 aliphatic carbocycles. The van der Waals surface area contributed by atoms with Crippen molar-refractivity contribution in [2.75, 3.05) is 0 Å². The topological polar surface area (TPSA) is 67.2 Å². The van der Waals surface area contributed by atoms with Gasteiger partial charge in [-0.2, -0.15) is 0 Å². The highest BCUT2D eigenvalue weighted by Crippen LogP contribution is 2.17. The van der Waals surface area contributed by atoms with Crippen LogP contribution in [0.15, 0.2) is 65.7 Å². The molecule has 0 aliphatic heterocycles. The van der Waals surface area contributed by atoms with E-state index in [2.05, 4.69) is 4.98 Å². The van der Waals surface area contributed by atoms with E-state index in [1.165, 1.54) is 6.07 Å². The van der Waals surface area contributed by atoms with Gasteiger partial charge in [0.1, 0.15) is 5.75 Å². The molecule has 0 aliphatic rings. The molecule has 0 saturated heterocycles. The second kappa shape index (κ2) is 7.00. The van der Waals surface area contributed by atoms with Crippen LogP contribution in [0.1, 0.15) is 10.4 Å². The van der Waals surface area contributed by atoms with Gasteiger partial charge in [-0.1, -0.05) is 12.1 Å². The first kappa shape index (κ1) is 15.9. The lowest BCUT2D eigenvalue weighted by Gasteiger charge is -2.02. The second-order valence-corrected chi connectivity index (χ2v) is 4.54. The van der Waals surface area contributed by atoms with Crippen molar-refractivity contribution in [3.8, 4) is 17.2 Å². The van der Waals surface area contributed by atoms with Crippen LogP contribution in [0.2, 0.25) is 0 Å². The first-order valence-electron chi connectivity index (χ1n) is 6.44. The third kappa shape index (κ3) is 3.40. The summed E-state index contributed by atoms with van der Waals surface area (Å²) in [7, 11) is 0. The second-order valence-electron chi connectivity index (χ2n) is 4.54. The number of hydrogen-bond acceptors (Lipinski definition) is 4. The number of aromatic nitrogens is 2. The Labute approximate surface area is 137 Å². The van der Waals surface area contributed by atoms with Gasteiger partial charge in [0.25, 0.3) is 6.33 Å². The Morgan fingerprint density at radius 1 is 1.18 bits per heavy atom. The first-order chi connectivity index (χ1) is 10.2. The third-order valence-electron chi connectivity index (χ3n) is 3.07. The summed E-state index contributed by atoms with van der Waals surface area (Å²) in [5, 5.41) is 9.67. The van der Waals surface area contributed by atoms with Crippen molar-refractivity contribution in [2.45, 2.75) is 6.54 Å². The molecular weight excluding hydrogens is 348 g/mol. The SMILES string of the molecule is O=C(C[n+]1ccc(-c2ccco2)nc1)c1ccccc1O.[Br-]. The highest BCUT2D eigenvalue weighted by Gasteiger charge is 2.15. The number of Topliss-reactive ketones (excluding diaryl/α,β-unsaturated/α-hetero) is 1. The number of rotatable bonds is 4. The van der Waals surface area contributed by atoms with Gasteiger partial charge in [0.05, 0.1) is 18.0 Å². The molecule has 3 rings (SSSR count). The molecule has 0 saturated carbocycles. The summed E-state index contributed by atoms with van der Waals surface area (Å²) in [4.78, 5) is 16.4. The number of hydrogen-bond donors (Lipinski definition) is 1. The van der Waals surface area contributed by atoms with Gasteiger partial charge < -0.3 is 26.5 Å². The number of furan rings is 1. The van der Waals surface area contributed by atoms with Gasteiger partial charge >= 0.3 is 0 Å². The van der Waals surface area contributed by atoms with Gasteiger partial charge in [0.15, 0.2) is 12.3 Å². The largest absolute Gasteiger partial charge is 1.00 e. The van der Waals surface area contributed by atoms with Crippen molar-refractivity contribution in [3.63, 3.8) is 0 Å². The smallest absolute Gasteiger partial charge is 0.287 e. The number of nitrogens with zero attached hydrogens (tertiary/aromatic N) is 2. The third-order valence-corrected chi connectivity index (χ3v) is 3.07. The van der Waals surface area contributed by atoms with E-state index in [0.29, 0.717) is 17.0 Å². The van der Waals surface area contributed by atoms with Crippen molar-refractivity contribution in [3.05, 3.63) is 66.8 Å². The van der Waals surface area contributed by atoms with Crippen molar-refractivity contribution in [1.29, 1.82) is 0 Å². The maximum Gasteiger partial charge on any atom is 0.287 e.